The van der Waals surface area contributed by atoms with Crippen LogP contribution in [0.4, 0.5) is 4.39 Å². The molecule has 0 saturated carbocycles. The van der Waals surface area contributed by atoms with Crippen LogP contribution in [0.1, 0.15) is 5.56 Å². The molecule has 7 heteroatoms. The van der Waals surface area contributed by atoms with Gasteiger partial charge in [-0.05, 0) is 18.2 Å². The molecule has 1 rings (SSSR count). The monoisotopic (exact) mass is 276 g/mol. The predicted molar refractivity (Wildman–Crippen MR) is 66.0 cm³/mol. The largest absolute Gasteiger partial charge is 0.383 e. The van der Waals surface area contributed by atoms with Gasteiger partial charge in [0.15, 0.2) is 0 Å². The zero-order valence-electron chi connectivity index (χ0n) is 10.4. The van der Waals surface area contributed by atoms with E-state index in [4.69, 9.17) is 10.5 Å². The van der Waals surface area contributed by atoms with Crippen molar-refractivity contribution in [3.05, 3.63) is 29.6 Å². The van der Waals surface area contributed by atoms with Crippen molar-refractivity contribution in [1.82, 2.24) is 4.31 Å². The molecule has 5 nitrogen and oxygen atoms in total. The van der Waals surface area contributed by atoms with Crippen molar-refractivity contribution in [3.8, 4) is 0 Å². The molecule has 0 aliphatic carbocycles. The lowest BCUT2D eigenvalue weighted by Crippen LogP contribution is -2.30. The number of rotatable bonds is 6. The number of sulfonamides is 1. The van der Waals surface area contributed by atoms with E-state index in [0.717, 1.165) is 10.4 Å². The van der Waals surface area contributed by atoms with Crippen molar-refractivity contribution in [3.63, 3.8) is 0 Å². The first-order valence-corrected chi connectivity index (χ1v) is 6.81. The number of nitrogens with two attached hydrogens (primary N) is 1. The third kappa shape index (κ3) is 3.26. The summed E-state index contributed by atoms with van der Waals surface area (Å²) in [6.45, 7) is 0.478. The van der Waals surface area contributed by atoms with E-state index in [1.807, 2.05) is 0 Å². The van der Waals surface area contributed by atoms with Crippen LogP contribution in [0, 0.1) is 5.82 Å². The van der Waals surface area contributed by atoms with E-state index in [2.05, 4.69) is 0 Å². The maximum atomic E-state index is 13.3. The molecule has 0 heterocycles. The summed E-state index contributed by atoms with van der Waals surface area (Å²) in [5.41, 5.74) is 5.53. The molecule has 0 bridgehead atoms. The topological polar surface area (TPSA) is 72.6 Å². The van der Waals surface area contributed by atoms with Crippen molar-refractivity contribution >= 4 is 10.0 Å². The number of hydrogen-bond donors (Lipinski definition) is 1. The highest BCUT2D eigenvalue weighted by Crippen LogP contribution is 2.17. The van der Waals surface area contributed by atoms with E-state index in [1.54, 1.807) is 0 Å². The average molecular weight is 276 g/mol. The van der Waals surface area contributed by atoms with Crippen molar-refractivity contribution < 1.29 is 17.5 Å². The van der Waals surface area contributed by atoms with E-state index in [0.29, 0.717) is 6.61 Å². The summed E-state index contributed by atoms with van der Waals surface area (Å²) in [4.78, 5) is 0.0305. The third-order valence-corrected chi connectivity index (χ3v) is 4.41. The lowest BCUT2D eigenvalue weighted by atomic mass is 10.2. The maximum Gasteiger partial charge on any atom is 0.242 e. The summed E-state index contributed by atoms with van der Waals surface area (Å²) in [5, 5.41) is 0. The normalized spacial score (nSPS) is 12.1. The Labute approximate surface area is 106 Å². The molecule has 0 atom stereocenters. The number of benzene rings is 1. The van der Waals surface area contributed by atoms with Crippen LogP contribution in [0.2, 0.25) is 0 Å². The fourth-order valence-corrected chi connectivity index (χ4v) is 2.59. The van der Waals surface area contributed by atoms with E-state index in [-0.39, 0.29) is 23.5 Å². The minimum Gasteiger partial charge on any atom is -0.383 e. The number of likely N-dealkylation sites (N-methyl/N-ethyl adjacent to an activating group) is 1. The maximum absolute atomic E-state index is 13.3. The summed E-state index contributed by atoms with van der Waals surface area (Å²) >= 11 is 0. The van der Waals surface area contributed by atoms with Crippen molar-refractivity contribution in [2.45, 2.75) is 11.4 Å². The molecule has 0 unspecified atom stereocenters. The fraction of sp³-hybridized carbons (Fsp3) is 0.455. The zero-order chi connectivity index (χ0) is 13.8. The number of methoxy groups -OCH3 is 1. The van der Waals surface area contributed by atoms with E-state index >= 15 is 0 Å². The smallest absolute Gasteiger partial charge is 0.242 e. The lowest BCUT2D eigenvalue weighted by Gasteiger charge is -2.17. The highest BCUT2D eigenvalue weighted by molar-refractivity contribution is 7.89. The molecule has 0 amide bonds. The molecular weight excluding hydrogens is 259 g/mol. The van der Waals surface area contributed by atoms with Crippen LogP contribution in [0.5, 0.6) is 0 Å². The SMILES string of the molecule is COCCN(C)S(=O)(=O)c1ccc(F)c(CN)c1. The summed E-state index contributed by atoms with van der Waals surface area (Å²) in [6, 6.07) is 3.60. The van der Waals surface area contributed by atoms with Gasteiger partial charge in [-0.2, -0.15) is 4.31 Å². The average Bonchev–Trinajstić information content (AvgIpc) is 2.36. The zero-order valence-corrected chi connectivity index (χ0v) is 11.2. The number of hydrogen-bond acceptors (Lipinski definition) is 4. The molecule has 1 aromatic carbocycles. The Balaban J connectivity index is 3.05. The van der Waals surface area contributed by atoms with Gasteiger partial charge in [0.2, 0.25) is 10.0 Å². The van der Waals surface area contributed by atoms with E-state index in [9.17, 15) is 12.8 Å². The van der Waals surface area contributed by atoms with Crippen LogP contribution >= 0.6 is 0 Å². The van der Waals surface area contributed by atoms with Gasteiger partial charge in [0.25, 0.3) is 0 Å². The summed E-state index contributed by atoms with van der Waals surface area (Å²) in [7, 11) is -0.694. The first-order valence-electron chi connectivity index (χ1n) is 5.37. The van der Waals surface area contributed by atoms with Gasteiger partial charge in [-0.15, -0.1) is 0 Å². The van der Waals surface area contributed by atoms with Crippen molar-refractivity contribution in [2.75, 3.05) is 27.3 Å². The van der Waals surface area contributed by atoms with Gasteiger partial charge in [-0.25, -0.2) is 12.8 Å². The molecule has 0 radical (unpaired) electrons. The lowest BCUT2D eigenvalue weighted by molar-refractivity contribution is 0.185. The Bertz CT molecular complexity index is 505. The second kappa shape index (κ2) is 6.24. The summed E-state index contributed by atoms with van der Waals surface area (Å²) < 4.78 is 43.5. The molecule has 0 aromatic heterocycles. The molecule has 0 fully saturated rings. The summed E-state index contributed by atoms with van der Waals surface area (Å²) in [5.74, 6) is -0.504. The Morgan fingerprint density at radius 1 is 1.44 bits per heavy atom. The quantitative estimate of drug-likeness (QED) is 0.823. The minimum absolute atomic E-state index is 0.0305. The van der Waals surface area contributed by atoms with Gasteiger partial charge in [0.1, 0.15) is 5.82 Å². The Hall–Kier alpha value is -1.02. The van der Waals surface area contributed by atoms with Crippen molar-refractivity contribution in [1.29, 1.82) is 0 Å². The van der Waals surface area contributed by atoms with Crippen LogP contribution in [-0.2, 0) is 21.3 Å². The van der Waals surface area contributed by atoms with Gasteiger partial charge < -0.3 is 10.5 Å². The minimum atomic E-state index is -3.63. The molecule has 2 N–H and O–H groups in total. The summed E-state index contributed by atoms with van der Waals surface area (Å²) in [6.07, 6.45) is 0. The fourth-order valence-electron chi connectivity index (χ4n) is 1.39. The van der Waals surface area contributed by atoms with Crippen LogP contribution in [0.25, 0.3) is 0 Å². The van der Waals surface area contributed by atoms with Crippen LogP contribution in [-0.4, -0.2) is 40.0 Å². The van der Waals surface area contributed by atoms with Gasteiger partial charge >= 0.3 is 0 Å². The van der Waals surface area contributed by atoms with Crippen LogP contribution in [0.3, 0.4) is 0 Å². The van der Waals surface area contributed by atoms with E-state index in [1.165, 1.54) is 26.3 Å². The second-order valence-corrected chi connectivity index (χ2v) is 5.82. The Morgan fingerprint density at radius 2 is 2.11 bits per heavy atom. The molecular formula is C11H17FN2O3S. The number of nitrogens with zero attached hydrogens (tertiary/aromatic N) is 1. The van der Waals surface area contributed by atoms with E-state index < -0.39 is 15.8 Å². The number of ether oxygens (including phenoxy) is 1. The molecule has 0 aliphatic heterocycles. The second-order valence-electron chi connectivity index (χ2n) is 3.78. The van der Waals surface area contributed by atoms with Gasteiger partial charge in [0.05, 0.1) is 11.5 Å². The molecule has 1 aromatic rings. The molecule has 18 heavy (non-hydrogen) atoms. The highest BCUT2D eigenvalue weighted by Gasteiger charge is 2.21. The first kappa shape index (κ1) is 15.0. The highest BCUT2D eigenvalue weighted by atomic mass is 32.2. The number of halogens is 1. The standard InChI is InChI=1S/C11H17FN2O3S/c1-14(5-6-17-2)18(15,16)10-3-4-11(12)9(7-10)8-13/h3-4,7H,5-6,8,13H2,1-2H3. The first-order chi connectivity index (χ1) is 8.43. The van der Waals surface area contributed by atoms with Gasteiger partial charge in [-0.3, -0.25) is 0 Å². The van der Waals surface area contributed by atoms with Crippen molar-refractivity contribution in [2.24, 2.45) is 5.73 Å². The molecule has 0 saturated heterocycles. The van der Waals surface area contributed by atoms with Gasteiger partial charge in [-0.1, -0.05) is 0 Å². The Kier molecular flexibility index (Phi) is 5.21. The van der Waals surface area contributed by atoms with Crippen LogP contribution in [0.15, 0.2) is 23.1 Å². The molecule has 0 aliphatic rings. The van der Waals surface area contributed by atoms with Gasteiger partial charge in [0, 0.05) is 32.8 Å². The van der Waals surface area contributed by atoms with Crippen LogP contribution < -0.4 is 5.73 Å². The Morgan fingerprint density at radius 3 is 2.67 bits per heavy atom. The molecule has 0 spiro atoms. The third-order valence-electron chi connectivity index (χ3n) is 2.56. The molecule has 102 valence electrons. The predicted octanol–water partition coefficient (Wildman–Crippen LogP) is 0.551.